The largest absolute Gasteiger partial charge is 0.416 e. The molecule has 7 heteroatoms. The number of hydrogen-bond acceptors (Lipinski definition) is 2. The van der Waals surface area contributed by atoms with Crippen molar-refractivity contribution in [1.29, 1.82) is 0 Å². The molecule has 0 radical (unpaired) electrons. The molecule has 1 aromatic carbocycles. The van der Waals surface area contributed by atoms with E-state index in [4.69, 9.17) is 0 Å². The second-order valence-corrected chi connectivity index (χ2v) is 6.50. The first kappa shape index (κ1) is 17.5. The lowest BCUT2D eigenvalue weighted by Crippen LogP contribution is -2.36. The zero-order valence-electron chi connectivity index (χ0n) is 14.1. The van der Waals surface area contributed by atoms with Gasteiger partial charge in [0.1, 0.15) is 0 Å². The number of rotatable bonds is 4. The Morgan fingerprint density at radius 1 is 1.36 bits per heavy atom. The summed E-state index contributed by atoms with van der Waals surface area (Å²) < 4.78 is 40.2. The molecule has 1 N–H and O–H groups in total. The lowest BCUT2D eigenvalue weighted by Gasteiger charge is -2.26. The van der Waals surface area contributed by atoms with E-state index in [9.17, 15) is 18.0 Å². The molecule has 134 valence electrons. The second-order valence-electron chi connectivity index (χ2n) is 6.50. The predicted molar refractivity (Wildman–Crippen MR) is 87.2 cm³/mol. The number of nitrogens with one attached hydrogen (secondary N) is 1. The normalized spacial score (nSPS) is 16.4. The van der Waals surface area contributed by atoms with Gasteiger partial charge in [-0.1, -0.05) is 12.5 Å². The monoisotopic (exact) mass is 351 g/mol. The van der Waals surface area contributed by atoms with Gasteiger partial charge in [0.15, 0.2) is 0 Å². The molecule has 0 bridgehead atoms. The number of hydrogen-bond donors (Lipinski definition) is 1. The molecule has 25 heavy (non-hydrogen) atoms. The molecule has 1 aliphatic rings. The van der Waals surface area contributed by atoms with Crippen LogP contribution in [0, 0.1) is 12.8 Å². The Morgan fingerprint density at radius 3 is 2.68 bits per heavy atom. The fourth-order valence-electron chi connectivity index (χ4n) is 3.00. The van der Waals surface area contributed by atoms with Crippen molar-refractivity contribution in [3.8, 4) is 5.69 Å². The van der Waals surface area contributed by atoms with Crippen LogP contribution in [0.15, 0.2) is 30.5 Å². The lowest BCUT2D eigenvalue weighted by molar-refractivity contribution is -0.137. The molecule has 0 aliphatic heterocycles. The number of aromatic nitrogens is 2. The van der Waals surface area contributed by atoms with Gasteiger partial charge < -0.3 is 5.32 Å². The van der Waals surface area contributed by atoms with E-state index in [0.29, 0.717) is 11.4 Å². The minimum atomic E-state index is -4.40. The SMILES string of the molecule is Cc1c([C@H](C)NC(=O)C2CCC2)cnn1-c1cccc(C(F)(F)F)c1. The first-order valence-corrected chi connectivity index (χ1v) is 8.30. The number of carbonyl (C=O) groups excluding carboxylic acids is 1. The van der Waals surface area contributed by atoms with Gasteiger partial charge in [-0.15, -0.1) is 0 Å². The minimum Gasteiger partial charge on any atom is -0.349 e. The van der Waals surface area contributed by atoms with E-state index in [1.807, 2.05) is 6.92 Å². The molecular weight excluding hydrogens is 331 g/mol. The van der Waals surface area contributed by atoms with Crippen molar-refractivity contribution in [3.63, 3.8) is 0 Å². The molecular formula is C18H20F3N3O. The molecule has 1 aromatic heterocycles. The van der Waals surface area contributed by atoms with Gasteiger partial charge in [0.2, 0.25) is 5.91 Å². The lowest BCUT2D eigenvalue weighted by atomic mass is 9.84. The highest BCUT2D eigenvalue weighted by molar-refractivity contribution is 5.79. The van der Waals surface area contributed by atoms with Crippen molar-refractivity contribution >= 4 is 5.91 Å². The number of amides is 1. The Kier molecular flexibility index (Phi) is 4.58. The van der Waals surface area contributed by atoms with Crippen LogP contribution in [0.25, 0.3) is 5.69 Å². The molecule has 1 atom stereocenters. The standard InChI is InChI=1S/C18H20F3N3O/c1-11(23-17(25)13-5-3-6-13)16-10-22-24(12(16)2)15-8-4-7-14(9-15)18(19,20)21/h4,7-11,13H,3,5-6H2,1-2H3,(H,23,25)/t11-/m0/s1. The number of nitrogens with zero attached hydrogens (tertiary/aromatic N) is 2. The van der Waals surface area contributed by atoms with Gasteiger partial charge in [-0.25, -0.2) is 4.68 Å². The number of carbonyl (C=O) groups is 1. The van der Waals surface area contributed by atoms with Crippen molar-refractivity contribution in [2.24, 2.45) is 5.92 Å². The van der Waals surface area contributed by atoms with E-state index in [1.54, 1.807) is 19.2 Å². The number of halogens is 3. The highest BCUT2D eigenvalue weighted by Gasteiger charge is 2.31. The van der Waals surface area contributed by atoms with E-state index in [0.717, 1.165) is 37.0 Å². The third kappa shape index (κ3) is 3.55. The molecule has 1 amide bonds. The maximum Gasteiger partial charge on any atom is 0.416 e. The Balaban J connectivity index is 1.82. The summed E-state index contributed by atoms with van der Waals surface area (Å²) in [6.07, 6.45) is 0.117. The van der Waals surface area contributed by atoms with E-state index >= 15 is 0 Å². The van der Waals surface area contributed by atoms with Gasteiger partial charge in [0.05, 0.1) is 23.5 Å². The Morgan fingerprint density at radius 2 is 2.08 bits per heavy atom. The second kappa shape index (κ2) is 6.54. The van der Waals surface area contributed by atoms with Gasteiger partial charge in [-0.05, 0) is 44.9 Å². The summed E-state index contributed by atoms with van der Waals surface area (Å²) in [5.74, 6) is 0.117. The summed E-state index contributed by atoms with van der Waals surface area (Å²) in [7, 11) is 0. The van der Waals surface area contributed by atoms with Gasteiger partial charge in [0.25, 0.3) is 0 Å². The summed E-state index contributed by atoms with van der Waals surface area (Å²) in [5, 5.41) is 7.18. The summed E-state index contributed by atoms with van der Waals surface area (Å²) in [6, 6.07) is 4.80. The van der Waals surface area contributed by atoms with E-state index in [2.05, 4.69) is 10.4 Å². The first-order valence-electron chi connectivity index (χ1n) is 8.30. The highest BCUT2D eigenvalue weighted by atomic mass is 19.4. The van der Waals surface area contributed by atoms with Crippen molar-refractivity contribution < 1.29 is 18.0 Å². The van der Waals surface area contributed by atoms with Crippen LogP contribution in [0.5, 0.6) is 0 Å². The fourth-order valence-corrected chi connectivity index (χ4v) is 3.00. The zero-order chi connectivity index (χ0) is 18.2. The van der Waals surface area contributed by atoms with Gasteiger partial charge in [0, 0.05) is 17.2 Å². The number of benzene rings is 1. The maximum atomic E-state index is 12.9. The first-order chi connectivity index (χ1) is 11.8. The smallest absolute Gasteiger partial charge is 0.349 e. The van der Waals surface area contributed by atoms with Gasteiger partial charge in [-0.2, -0.15) is 18.3 Å². The fraction of sp³-hybridized carbons (Fsp3) is 0.444. The topological polar surface area (TPSA) is 46.9 Å². The Labute approximate surface area is 144 Å². The maximum absolute atomic E-state index is 12.9. The molecule has 4 nitrogen and oxygen atoms in total. The van der Waals surface area contributed by atoms with Crippen molar-refractivity contribution in [2.75, 3.05) is 0 Å². The van der Waals surface area contributed by atoms with Crippen LogP contribution in [0.3, 0.4) is 0 Å². The van der Waals surface area contributed by atoms with E-state index < -0.39 is 11.7 Å². The summed E-state index contributed by atoms with van der Waals surface area (Å²) in [4.78, 5) is 12.1. The minimum absolute atomic E-state index is 0.0324. The van der Waals surface area contributed by atoms with Crippen molar-refractivity contribution in [3.05, 3.63) is 47.3 Å². The number of alkyl halides is 3. The molecule has 3 rings (SSSR count). The molecule has 0 spiro atoms. The Hall–Kier alpha value is -2.31. The third-order valence-electron chi connectivity index (χ3n) is 4.77. The van der Waals surface area contributed by atoms with E-state index in [1.165, 1.54) is 10.7 Å². The van der Waals surface area contributed by atoms with Crippen LogP contribution in [0.1, 0.15) is 49.0 Å². The third-order valence-corrected chi connectivity index (χ3v) is 4.77. The highest BCUT2D eigenvalue weighted by Crippen LogP contribution is 2.31. The molecule has 2 aromatic rings. The van der Waals surface area contributed by atoms with Crippen LogP contribution in [-0.4, -0.2) is 15.7 Å². The molecule has 1 fully saturated rings. The van der Waals surface area contributed by atoms with Crippen LogP contribution >= 0.6 is 0 Å². The molecule has 1 aliphatic carbocycles. The summed E-state index contributed by atoms with van der Waals surface area (Å²) >= 11 is 0. The van der Waals surface area contributed by atoms with Crippen LogP contribution in [-0.2, 0) is 11.0 Å². The van der Waals surface area contributed by atoms with Crippen LogP contribution in [0.4, 0.5) is 13.2 Å². The average molecular weight is 351 g/mol. The Bertz CT molecular complexity index is 778. The van der Waals surface area contributed by atoms with Crippen LogP contribution in [0.2, 0.25) is 0 Å². The van der Waals surface area contributed by atoms with Gasteiger partial charge in [-0.3, -0.25) is 4.79 Å². The zero-order valence-corrected chi connectivity index (χ0v) is 14.1. The van der Waals surface area contributed by atoms with Gasteiger partial charge >= 0.3 is 6.18 Å². The molecule has 1 heterocycles. The summed E-state index contributed by atoms with van der Waals surface area (Å²) in [5.41, 5.74) is 1.13. The van der Waals surface area contributed by atoms with Crippen molar-refractivity contribution in [1.82, 2.24) is 15.1 Å². The quantitative estimate of drug-likeness (QED) is 0.898. The molecule has 1 saturated carbocycles. The predicted octanol–water partition coefficient (Wildman–Crippen LogP) is 4.18. The molecule has 0 saturated heterocycles. The van der Waals surface area contributed by atoms with Crippen LogP contribution < -0.4 is 5.32 Å². The average Bonchev–Trinajstić information content (AvgIpc) is 2.86. The molecule has 0 unspecified atom stereocenters. The van der Waals surface area contributed by atoms with Crippen molar-refractivity contribution in [2.45, 2.75) is 45.3 Å². The van der Waals surface area contributed by atoms with E-state index in [-0.39, 0.29) is 17.9 Å². The summed E-state index contributed by atoms with van der Waals surface area (Å²) in [6.45, 7) is 3.64.